The molecule has 0 spiro atoms. The topological polar surface area (TPSA) is 117 Å². The number of aromatic nitrogens is 6. The second-order valence-corrected chi connectivity index (χ2v) is 12.3. The molecule has 1 atom stereocenters. The molecule has 0 unspecified atom stereocenters. The van der Waals surface area contributed by atoms with Crippen molar-refractivity contribution in [3.63, 3.8) is 0 Å². The summed E-state index contributed by atoms with van der Waals surface area (Å²) in [6.07, 6.45) is 3.03. The predicted molar refractivity (Wildman–Crippen MR) is 168 cm³/mol. The average Bonchev–Trinajstić information content (AvgIpc) is 3.80. The molecule has 1 aliphatic rings. The van der Waals surface area contributed by atoms with Gasteiger partial charge in [-0.05, 0) is 48.0 Å². The number of pyridine rings is 1. The van der Waals surface area contributed by atoms with Gasteiger partial charge >= 0.3 is 5.97 Å². The summed E-state index contributed by atoms with van der Waals surface area (Å²) in [5.41, 5.74) is 1.80. The molecule has 0 bridgehead atoms. The van der Waals surface area contributed by atoms with E-state index in [4.69, 9.17) is 14.5 Å². The number of aromatic carboxylic acids is 1. The summed E-state index contributed by atoms with van der Waals surface area (Å²) in [5, 5.41) is 17.2. The molecule has 1 aliphatic heterocycles. The Morgan fingerprint density at radius 3 is 2.56 bits per heavy atom. The molecule has 48 heavy (non-hydrogen) atoms. The zero-order chi connectivity index (χ0) is 33.6. The molecular formula is C35H29F3N6O4. The molecule has 7 rings (SSSR count). The average molecular weight is 655 g/mol. The number of fused-ring (bicyclic) bond motifs is 1. The molecule has 0 radical (unpaired) electrons. The van der Waals surface area contributed by atoms with Crippen LogP contribution < -0.4 is 4.74 Å². The van der Waals surface area contributed by atoms with Crippen LogP contribution in [-0.2, 0) is 17.8 Å². The molecule has 0 saturated carbocycles. The Morgan fingerprint density at radius 2 is 1.83 bits per heavy atom. The van der Waals surface area contributed by atoms with Gasteiger partial charge in [-0.1, -0.05) is 31.2 Å². The molecule has 1 fully saturated rings. The third kappa shape index (κ3) is 5.88. The Balaban J connectivity index is 1.15. The summed E-state index contributed by atoms with van der Waals surface area (Å²) in [6.45, 7) is 4.77. The van der Waals surface area contributed by atoms with E-state index in [-0.39, 0.29) is 58.3 Å². The highest BCUT2D eigenvalue weighted by molar-refractivity contribution is 5.92. The number of rotatable bonds is 9. The van der Waals surface area contributed by atoms with Gasteiger partial charge in [0.2, 0.25) is 5.88 Å². The van der Waals surface area contributed by atoms with Crippen molar-refractivity contribution in [2.45, 2.75) is 32.9 Å². The minimum Gasteiger partial charge on any atom is -0.478 e. The van der Waals surface area contributed by atoms with E-state index < -0.39 is 23.4 Å². The molecule has 1 saturated heterocycles. The van der Waals surface area contributed by atoms with Crippen LogP contribution >= 0.6 is 0 Å². The van der Waals surface area contributed by atoms with Gasteiger partial charge in [0, 0.05) is 35.1 Å². The van der Waals surface area contributed by atoms with Crippen molar-refractivity contribution in [3.05, 3.63) is 119 Å². The zero-order valence-electron chi connectivity index (χ0n) is 25.9. The first-order valence-corrected chi connectivity index (χ1v) is 15.1. The molecule has 244 valence electrons. The van der Waals surface area contributed by atoms with E-state index in [0.717, 1.165) is 12.1 Å². The highest BCUT2D eigenvalue weighted by Gasteiger charge is 2.39. The first-order chi connectivity index (χ1) is 23.1. The number of halogens is 3. The largest absolute Gasteiger partial charge is 0.478 e. The van der Waals surface area contributed by atoms with Crippen molar-refractivity contribution in [1.29, 1.82) is 0 Å². The number of carboxylic acids is 1. The van der Waals surface area contributed by atoms with Crippen molar-refractivity contribution in [2.24, 2.45) is 5.41 Å². The molecule has 6 aromatic rings. The van der Waals surface area contributed by atoms with E-state index in [9.17, 15) is 14.3 Å². The summed E-state index contributed by atoms with van der Waals surface area (Å²) < 4.78 is 60.9. The highest BCUT2D eigenvalue weighted by Crippen LogP contribution is 2.40. The van der Waals surface area contributed by atoms with Gasteiger partial charge in [-0.15, -0.1) is 5.10 Å². The minimum absolute atomic E-state index is 0.0511. The third-order valence-corrected chi connectivity index (χ3v) is 8.56. The molecule has 0 amide bonds. The maximum atomic E-state index is 15.7. The predicted octanol–water partition coefficient (Wildman–Crippen LogP) is 6.56. The Kier molecular flexibility index (Phi) is 7.91. The zero-order valence-corrected chi connectivity index (χ0v) is 25.9. The summed E-state index contributed by atoms with van der Waals surface area (Å²) in [5.74, 6) is -2.40. The van der Waals surface area contributed by atoms with Crippen LogP contribution in [0.1, 0.15) is 47.2 Å². The van der Waals surface area contributed by atoms with Crippen LogP contribution in [0.3, 0.4) is 0 Å². The standard InChI is InChI=1S/C35H29F3N6O4/c1-35(2)19-47-18-31(35)44-30-13-20(34(45)46)7-9-29(30)40-32(44)14-22-12-27(38)24(16-26(22)37)28-4-3-5-33(41-28)48-17-21-6-8-23(15-25(21)36)43-11-10-39-42-43/h3-13,15-16,31H,14,17-19H2,1-2H3,(H,45,46)/t31-/m1/s1. The van der Waals surface area contributed by atoms with Crippen LogP contribution in [0.5, 0.6) is 5.88 Å². The van der Waals surface area contributed by atoms with Crippen LogP contribution in [0.15, 0.2) is 79.1 Å². The highest BCUT2D eigenvalue weighted by atomic mass is 19.1. The first kappa shape index (κ1) is 31.1. The SMILES string of the molecule is CC1(C)COC[C@H]1n1c(Cc2cc(F)c(-c3cccc(OCc4ccc(-n5ccnn5)cc4F)n3)cc2F)nc2ccc(C(=O)O)cc21. The maximum Gasteiger partial charge on any atom is 0.335 e. The normalized spacial score (nSPS) is 15.6. The molecule has 3 aromatic carbocycles. The van der Waals surface area contributed by atoms with Gasteiger partial charge in [-0.2, -0.15) is 0 Å². The summed E-state index contributed by atoms with van der Waals surface area (Å²) in [4.78, 5) is 20.8. The van der Waals surface area contributed by atoms with Gasteiger partial charge in [-0.25, -0.2) is 32.6 Å². The smallest absolute Gasteiger partial charge is 0.335 e. The molecule has 0 aliphatic carbocycles. The molecular weight excluding hydrogens is 625 g/mol. The number of carboxylic acid groups (broad SMARTS) is 1. The van der Waals surface area contributed by atoms with Crippen molar-refractivity contribution in [3.8, 4) is 22.8 Å². The van der Waals surface area contributed by atoms with Crippen LogP contribution in [0.4, 0.5) is 13.2 Å². The van der Waals surface area contributed by atoms with Crippen LogP contribution in [0, 0.1) is 22.9 Å². The number of hydrogen-bond donors (Lipinski definition) is 1. The maximum absolute atomic E-state index is 15.7. The van der Waals surface area contributed by atoms with Gasteiger partial charge in [0.15, 0.2) is 0 Å². The quantitative estimate of drug-likeness (QED) is 0.186. The van der Waals surface area contributed by atoms with Crippen molar-refractivity contribution in [2.75, 3.05) is 13.2 Å². The lowest BCUT2D eigenvalue weighted by Gasteiger charge is -2.28. The monoisotopic (exact) mass is 654 g/mol. The van der Waals surface area contributed by atoms with Gasteiger partial charge in [0.05, 0.1) is 59.6 Å². The first-order valence-electron chi connectivity index (χ1n) is 15.1. The number of carbonyl (C=O) groups is 1. The molecule has 1 N–H and O–H groups in total. The molecule has 10 nitrogen and oxygen atoms in total. The van der Waals surface area contributed by atoms with E-state index in [1.807, 2.05) is 18.4 Å². The Bertz CT molecular complexity index is 2170. The fraction of sp³-hybridized carbons (Fsp3) is 0.229. The number of ether oxygens (including phenoxy) is 2. The van der Waals surface area contributed by atoms with Crippen molar-refractivity contribution >= 4 is 17.0 Å². The molecule has 3 aromatic heterocycles. The summed E-state index contributed by atoms with van der Waals surface area (Å²) in [7, 11) is 0. The Hall–Kier alpha value is -5.56. The van der Waals surface area contributed by atoms with Crippen LogP contribution in [-0.4, -0.2) is 53.8 Å². The van der Waals surface area contributed by atoms with E-state index >= 15 is 8.78 Å². The lowest BCUT2D eigenvalue weighted by atomic mass is 9.87. The summed E-state index contributed by atoms with van der Waals surface area (Å²) >= 11 is 0. The molecule has 13 heteroatoms. The van der Waals surface area contributed by atoms with Gasteiger partial charge < -0.3 is 19.1 Å². The fourth-order valence-electron chi connectivity index (χ4n) is 5.96. The van der Waals surface area contributed by atoms with E-state index in [1.54, 1.807) is 42.6 Å². The third-order valence-electron chi connectivity index (χ3n) is 8.56. The summed E-state index contributed by atoms with van der Waals surface area (Å²) in [6, 6.07) is 15.8. The fourth-order valence-corrected chi connectivity index (χ4v) is 5.96. The number of benzene rings is 3. The van der Waals surface area contributed by atoms with Crippen molar-refractivity contribution in [1.82, 2.24) is 29.5 Å². The van der Waals surface area contributed by atoms with Crippen LogP contribution in [0.2, 0.25) is 0 Å². The Labute approximate surface area is 272 Å². The van der Waals surface area contributed by atoms with E-state index in [0.29, 0.717) is 35.8 Å². The lowest BCUT2D eigenvalue weighted by molar-refractivity contribution is 0.0697. The second kappa shape index (κ2) is 12.2. The van der Waals surface area contributed by atoms with Gasteiger partial charge in [-0.3, -0.25) is 0 Å². The molecule has 4 heterocycles. The number of nitrogens with zero attached hydrogens (tertiary/aromatic N) is 6. The van der Waals surface area contributed by atoms with Gasteiger partial charge in [0.25, 0.3) is 0 Å². The van der Waals surface area contributed by atoms with E-state index in [1.165, 1.54) is 29.1 Å². The Morgan fingerprint density at radius 1 is 1.00 bits per heavy atom. The lowest BCUT2D eigenvalue weighted by Crippen LogP contribution is -2.27. The minimum atomic E-state index is -1.08. The van der Waals surface area contributed by atoms with E-state index in [2.05, 4.69) is 15.3 Å². The van der Waals surface area contributed by atoms with Crippen LogP contribution in [0.25, 0.3) is 28.0 Å². The number of hydrogen-bond acceptors (Lipinski definition) is 7. The van der Waals surface area contributed by atoms with Gasteiger partial charge in [0.1, 0.15) is 29.9 Å². The van der Waals surface area contributed by atoms with Crippen molar-refractivity contribution < 1.29 is 32.5 Å². The second-order valence-electron chi connectivity index (χ2n) is 12.3. The number of imidazole rings is 1.